The van der Waals surface area contributed by atoms with Gasteiger partial charge in [-0.1, -0.05) is 0 Å². The Kier molecular flexibility index (Phi) is 3.99. The van der Waals surface area contributed by atoms with Crippen molar-refractivity contribution >= 4 is 45.4 Å². The number of halogens is 3. The molecule has 0 unspecified atom stereocenters. The minimum Gasteiger partial charge on any atom is -0.481 e. The molecular weight excluding hydrogens is 408 g/mol. The van der Waals surface area contributed by atoms with E-state index < -0.39 is 0 Å². The van der Waals surface area contributed by atoms with Gasteiger partial charge in [0.25, 0.3) is 0 Å². The van der Waals surface area contributed by atoms with Gasteiger partial charge in [-0.3, -0.25) is 4.57 Å². The summed E-state index contributed by atoms with van der Waals surface area (Å²) in [6, 6.07) is 8.12. The summed E-state index contributed by atoms with van der Waals surface area (Å²) in [6.07, 6.45) is 0. The molecular formula is C14H10ClFIN3O. The number of alkyl halides is 1. The van der Waals surface area contributed by atoms with Gasteiger partial charge in [0.15, 0.2) is 5.65 Å². The number of nitrogens with zero attached hydrogens (tertiary/aromatic N) is 3. The molecule has 0 atom stereocenters. The van der Waals surface area contributed by atoms with Crippen LogP contribution in [0.2, 0.25) is 0 Å². The number of fused-ring (bicyclic) bond motifs is 1. The Morgan fingerprint density at radius 3 is 2.76 bits per heavy atom. The van der Waals surface area contributed by atoms with Crippen LogP contribution in [0.1, 0.15) is 5.82 Å². The van der Waals surface area contributed by atoms with Crippen molar-refractivity contribution in [3.63, 3.8) is 0 Å². The zero-order chi connectivity index (χ0) is 15.0. The van der Waals surface area contributed by atoms with Crippen LogP contribution in [-0.2, 0) is 5.88 Å². The third-order valence-electron chi connectivity index (χ3n) is 3.03. The van der Waals surface area contributed by atoms with Crippen molar-refractivity contribution in [2.24, 2.45) is 0 Å². The fourth-order valence-corrected chi connectivity index (χ4v) is 3.00. The van der Waals surface area contributed by atoms with E-state index in [2.05, 4.69) is 32.6 Å². The number of aromatic nitrogens is 3. The van der Waals surface area contributed by atoms with Crippen molar-refractivity contribution in [3.05, 3.63) is 45.5 Å². The SMILES string of the molecule is COc1ccc2nc(CCl)n(-c3ccc(F)cc3I)c2n1. The molecule has 2 aromatic heterocycles. The van der Waals surface area contributed by atoms with E-state index >= 15 is 0 Å². The number of hydrogen-bond donors (Lipinski definition) is 0. The van der Waals surface area contributed by atoms with Crippen LogP contribution < -0.4 is 4.74 Å². The Morgan fingerprint density at radius 1 is 1.29 bits per heavy atom. The lowest BCUT2D eigenvalue weighted by Crippen LogP contribution is -2.03. The molecule has 0 saturated carbocycles. The Bertz CT molecular complexity index is 821. The summed E-state index contributed by atoms with van der Waals surface area (Å²) in [5.41, 5.74) is 2.14. The first-order valence-electron chi connectivity index (χ1n) is 6.08. The second kappa shape index (κ2) is 5.76. The van der Waals surface area contributed by atoms with Gasteiger partial charge < -0.3 is 4.74 Å². The summed E-state index contributed by atoms with van der Waals surface area (Å²) in [5.74, 6) is 1.08. The van der Waals surface area contributed by atoms with Gasteiger partial charge in [0.2, 0.25) is 5.88 Å². The van der Waals surface area contributed by atoms with E-state index in [0.29, 0.717) is 22.9 Å². The van der Waals surface area contributed by atoms with Crippen LogP contribution in [0.4, 0.5) is 4.39 Å². The highest BCUT2D eigenvalue weighted by Gasteiger charge is 2.16. The third-order valence-corrected chi connectivity index (χ3v) is 4.13. The highest BCUT2D eigenvalue weighted by Crippen LogP contribution is 2.26. The summed E-state index contributed by atoms with van der Waals surface area (Å²) >= 11 is 8.07. The van der Waals surface area contributed by atoms with E-state index in [1.165, 1.54) is 12.1 Å². The molecule has 0 bridgehead atoms. The summed E-state index contributed by atoms with van der Waals surface area (Å²) in [6.45, 7) is 0. The van der Waals surface area contributed by atoms with Gasteiger partial charge in [0, 0.05) is 9.64 Å². The van der Waals surface area contributed by atoms with Gasteiger partial charge in [0.05, 0.1) is 18.7 Å². The van der Waals surface area contributed by atoms with Gasteiger partial charge in [-0.05, 0) is 46.9 Å². The molecule has 0 aliphatic carbocycles. The highest BCUT2D eigenvalue weighted by molar-refractivity contribution is 14.1. The van der Waals surface area contributed by atoms with Crippen molar-refractivity contribution < 1.29 is 9.13 Å². The van der Waals surface area contributed by atoms with Crippen molar-refractivity contribution in [2.45, 2.75) is 5.88 Å². The minimum absolute atomic E-state index is 0.228. The number of rotatable bonds is 3. The first-order valence-corrected chi connectivity index (χ1v) is 7.69. The predicted molar refractivity (Wildman–Crippen MR) is 87.6 cm³/mol. The lowest BCUT2D eigenvalue weighted by molar-refractivity contribution is 0.399. The molecule has 0 aliphatic heterocycles. The number of hydrogen-bond acceptors (Lipinski definition) is 3. The molecule has 0 saturated heterocycles. The molecule has 0 N–H and O–H groups in total. The molecule has 0 fully saturated rings. The topological polar surface area (TPSA) is 39.9 Å². The van der Waals surface area contributed by atoms with Crippen LogP contribution in [0.15, 0.2) is 30.3 Å². The van der Waals surface area contributed by atoms with Crippen LogP contribution in [0.25, 0.3) is 16.9 Å². The third kappa shape index (κ3) is 2.57. The van der Waals surface area contributed by atoms with Crippen molar-refractivity contribution in [2.75, 3.05) is 7.11 Å². The van der Waals surface area contributed by atoms with Crippen LogP contribution in [-0.4, -0.2) is 21.6 Å². The average molecular weight is 418 g/mol. The van der Waals surface area contributed by atoms with E-state index in [9.17, 15) is 4.39 Å². The van der Waals surface area contributed by atoms with Crippen LogP contribution in [0.5, 0.6) is 5.88 Å². The summed E-state index contributed by atoms with van der Waals surface area (Å²) < 4.78 is 21.0. The summed E-state index contributed by atoms with van der Waals surface area (Å²) in [5, 5.41) is 0. The quantitative estimate of drug-likeness (QED) is 0.479. The van der Waals surface area contributed by atoms with Gasteiger partial charge in [0.1, 0.15) is 17.2 Å². The maximum atomic E-state index is 13.3. The molecule has 4 nitrogen and oxygen atoms in total. The zero-order valence-electron chi connectivity index (χ0n) is 11.0. The van der Waals surface area contributed by atoms with Crippen molar-refractivity contribution in [1.29, 1.82) is 0 Å². The lowest BCUT2D eigenvalue weighted by atomic mass is 10.3. The molecule has 0 aliphatic rings. The standard InChI is InChI=1S/C14H10ClFIN3O/c1-21-13-5-3-10-14(19-13)20(12(7-15)18-10)11-4-2-8(16)6-9(11)17/h2-6H,7H2,1H3. The highest BCUT2D eigenvalue weighted by atomic mass is 127. The molecule has 3 aromatic rings. The first-order chi connectivity index (χ1) is 10.1. The maximum absolute atomic E-state index is 13.3. The minimum atomic E-state index is -0.287. The normalized spacial score (nSPS) is 11.0. The molecule has 3 rings (SSSR count). The largest absolute Gasteiger partial charge is 0.481 e. The van der Waals surface area contributed by atoms with Gasteiger partial charge in [-0.25, -0.2) is 9.37 Å². The predicted octanol–water partition coefficient (Wildman–Crippen LogP) is 3.91. The number of benzene rings is 1. The second-order valence-electron chi connectivity index (χ2n) is 4.29. The van der Waals surface area contributed by atoms with Crippen LogP contribution in [0, 0.1) is 9.39 Å². The molecule has 2 heterocycles. The molecule has 0 radical (unpaired) electrons. The van der Waals surface area contributed by atoms with Gasteiger partial charge in [-0.15, -0.1) is 11.6 Å². The fraction of sp³-hybridized carbons (Fsp3) is 0.143. The maximum Gasteiger partial charge on any atom is 0.215 e. The van der Waals surface area contributed by atoms with E-state index in [0.717, 1.165) is 9.26 Å². The monoisotopic (exact) mass is 417 g/mol. The summed E-state index contributed by atoms with van der Waals surface area (Å²) in [4.78, 5) is 8.89. The van der Waals surface area contributed by atoms with E-state index in [1.54, 1.807) is 19.2 Å². The number of methoxy groups -OCH3 is 1. The molecule has 108 valence electrons. The number of ether oxygens (including phenoxy) is 1. The fourth-order valence-electron chi connectivity index (χ4n) is 2.11. The number of pyridine rings is 1. The van der Waals surface area contributed by atoms with Crippen molar-refractivity contribution in [1.82, 2.24) is 14.5 Å². The molecule has 0 spiro atoms. The average Bonchev–Trinajstić information content (AvgIpc) is 2.84. The Morgan fingerprint density at radius 2 is 2.10 bits per heavy atom. The molecule has 0 amide bonds. The molecule has 7 heteroatoms. The second-order valence-corrected chi connectivity index (χ2v) is 5.72. The Balaban J connectivity index is 2.33. The summed E-state index contributed by atoms with van der Waals surface area (Å²) in [7, 11) is 1.55. The number of imidazole rings is 1. The first kappa shape index (κ1) is 14.5. The zero-order valence-corrected chi connectivity index (χ0v) is 13.9. The van der Waals surface area contributed by atoms with E-state index in [-0.39, 0.29) is 11.7 Å². The Labute approximate surface area is 139 Å². The molecule has 21 heavy (non-hydrogen) atoms. The van der Waals surface area contributed by atoms with Gasteiger partial charge in [-0.2, -0.15) is 4.98 Å². The lowest BCUT2D eigenvalue weighted by Gasteiger charge is -2.10. The Hall–Kier alpha value is -1.41. The smallest absolute Gasteiger partial charge is 0.215 e. The van der Waals surface area contributed by atoms with E-state index in [4.69, 9.17) is 16.3 Å². The van der Waals surface area contributed by atoms with E-state index in [1.807, 2.05) is 10.6 Å². The van der Waals surface area contributed by atoms with Gasteiger partial charge >= 0.3 is 0 Å². The van der Waals surface area contributed by atoms with Crippen LogP contribution >= 0.6 is 34.2 Å². The molecule has 1 aromatic carbocycles. The van der Waals surface area contributed by atoms with Crippen LogP contribution in [0.3, 0.4) is 0 Å². The van der Waals surface area contributed by atoms with Crippen molar-refractivity contribution in [3.8, 4) is 11.6 Å².